The summed E-state index contributed by atoms with van der Waals surface area (Å²) < 4.78 is 0. The molecule has 2 nitrogen and oxygen atoms in total. The lowest BCUT2D eigenvalue weighted by Gasteiger charge is -2.10. The third kappa shape index (κ3) is 6.24. The van der Waals surface area contributed by atoms with Gasteiger partial charge in [-0.15, -0.1) is 0 Å². The Morgan fingerprint density at radius 1 is 1.47 bits per heavy atom. The molecular formula is C13H23NO. The van der Waals surface area contributed by atoms with Crippen LogP contribution in [0.3, 0.4) is 0 Å². The van der Waals surface area contributed by atoms with Crippen LogP contribution in [0.2, 0.25) is 0 Å². The summed E-state index contributed by atoms with van der Waals surface area (Å²) in [6.45, 7) is 6.14. The van der Waals surface area contributed by atoms with E-state index in [0.29, 0.717) is 6.42 Å². The summed E-state index contributed by atoms with van der Waals surface area (Å²) in [7, 11) is 0. The molecule has 0 bridgehead atoms. The molecule has 0 aromatic heterocycles. The molecule has 1 atom stereocenters. The Hall–Kier alpha value is -0.890. The van der Waals surface area contributed by atoms with Gasteiger partial charge in [0, 0.05) is 12.5 Å². The van der Waals surface area contributed by atoms with Crippen LogP contribution < -0.4 is 5.73 Å². The zero-order valence-electron chi connectivity index (χ0n) is 10.1. The molecule has 0 aromatic carbocycles. The van der Waals surface area contributed by atoms with Crippen LogP contribution in [0.15, 0.2) is 23.3 Å². The smallest absolute Gasteiger partial charge is 0.124 e. The molecule has 0 aliphatic heterocycles. The van der Waals surface area contributed by atoms with Gasteiger partial charge in [-0.2, -0.15) is 0 Å². The Morgan fingerprint density at radius 2 is 2.13 bits per heavy atom. The van der Waals surface area contributed by atoms with Crippen molar-refractivity contribution in [2.24, 2.45) is 5.73 Å². The first kappa shape index (κ1) is 14.1. The average molecular weight is 209 g/mol. The molecule has 0 aliphatic rings. The zero-order valence-corrected chi connectivity index (χ0v) is 10.1. The minimum Gasteiger partial charge on any atom is -0.324 e. The van der Waals surface area contributed by atoms with Crippen LogP contribution in [-0.2, 0) is 4.79 Å². The van der Waals surface area contributed by atoms with Gasteiger partial charge in [-0.1, -0.05) is 30.2 Å². The van der Waals surface area contributed by atoms with Gasteiger partial charge in [0.05, 0.1) is 0 Å². The maximum Gasteiger partial charge on any atom is 0.124 e. The number of hydrogen-bond acceptors (Lipinski definition) is 2. The molecule has 15 heavy (non-hydrogen) atoms. The second-order valence-corrected chi connectivity index (χ2v) is 3.80. The lowest BCUT2D eigenvalue weighted by Crippen LogP contribution is -2.20. The Bertz CT molecular complexity index is 241. The molecule has 0 radical (unpaired) electrons. The molecule has 0 saturated carbocycles. The van der Waals surface area contributed by atoms with Crippen LogP contribution in [0.5, 0.6) is 0 Å². The summed E-state index contributed by atoms with van der Waals surface area (Å²) in [5.41, 5.74) is 8.41. The minimum absolute atomic E-state index is 0.153. The Labute approximate surface area is 93.2 Å². The van der Waals surface area contributed by atoms with Crippen molar-refractivity contribution in [2.45, 2.75) is 52.5 Å². The van der Waals surface area contributed by atoms with Crippen molar-refractivity contribution in [3.8, 4) is 0 Å². The summed E-state index contributed by atoms with van der Waals surface area (Å²) in [6.07, 6.45) is 8.61. The molecule has 0 aliphatic carbocycles. The largest absolute Gasteiger partial charge is 0.324 e. The van der Waals surface area contributed by atoms with Gasteiger partial charge in [-0.05, 0) is 33.1 Å². The molecule has 0 fully saturated rings. The maximum absolute atomic E-state index is 10.4. The van der Waals surface area contributed by atoms with E-state index in [1.54, 1.807) is 0 Å². The first-order valence-corrected chi connectivity index (χ1v) is 5.65. The van der Waals surface area contributed by atoms with Crippen LogP contribution >= 0.6 is 0 Å². The van der Waals surface area contributed by atoms with Crippen molar-refractivity contribution < 1.29 is 4.79 Å². The average Bonchev–Trinajstić information content (AvgIpc) is 2.26. The normalized spacial score (nSPS) is 15.2. The third-order valence-electron chi connectivity index (χ3n) is 2.75. The second kappa shape index (κ2) is 8.42. The van der Waals surface area contributed by atoms with Crippen molar-refractivity contribution in [3.63, 3.8) is 0 Å². The second-order valence-electron chi connectivity index (χ2n) is 3.80. The lowest BCUT2D eigenvalue weighted by molar-refractivity contribution is -0.107. The zero-order chi connectivity index (χ0) is 11.7. The Kier molecular flexibility index (Phi) is 7.92. The molecule has 0 amide bonds. The van der Waals surface area contributed by atoms with Crippen molar-refractivity contribution in [1.29, 1.82) is 0 Å². The number of aldehydes is 1. The van der Waals surface area contributed by atoms with Crippen LogP contribution in [-0.4, -0.2) is 12.3 Å². The fourth-order valence-corrected chi connectivity index (χ4v) is 1.39. The highest BCUT2D eigenvalue weighted by molar-refractivity contribution is 5.54. The number of allylic oxidation sites excluding steroid dienone is 3. The van der Waals surface area contributed by atoms with Crippen LogP contribution in [0.25, 0.3) is 0 Å². The van der Waals surface area contributed by atoms with Crippen LogP contribution in [0.4, 0.5) is 0 Å². The maximum atomic E-state index is 10.4. The number of nitrogens with two attached hydrogens (primary N) is 1. The van der Waals surface area contributed by atoms with E-state index in [2.05, 4.69) is 26.0 Å². The van der Waals surface area contributed by atoms with Crippen LogP contribution in [0.1, 0.15) is 46.5 Å². The third-order valence-corrected chi connectivity index (χ3v) is 2.75. The minimum atomic E-state index is 0.153. The standard InChI is InChI=1S/C13H23NO/c1-4-11(3)13(14)8-6-7-12(5-2)9-10-15/h4,7,10,13H,5-6,8-9,14H2,1-3H3/b11-4+,12-7+. The first-order valence-electron chi connectivity index (χ1n) is 5.65. The lowest BCUT2D eigenvalue weighted by atomic mass is 10.0. The topological polar surface area (TPSA) is 43.1 Å². The highest BCUT2D eigenvalue weighted by Crippen LogP contribution is 2.10. The summed E-state index contributed by atoms with van der Waals surface area (Å²) in [5, 5.41) is 0. The van der Waals surface area contributed by atoms with E-state index in [-0.39, 0.29) is 6.04 Å². The van der Waals surface area contributed by atoms with E-state index in [4.69, 9.17) is 5.73 Å². The molecule has 86 valence electrons. The van der Waals surface area contributed by atoms with E-state index in [9.17, 15) is 4.79 Å². The van der Waals surface area contributed by atoms with Crippen molar-refractivity contribution in [2.75, 3.05) is 0 Å². The Balaban J connectivity index is 3.99. The van der Waals surface area contributed by atoms with Gasteiger partial charge in [0.25, 0.3) is 0 Å². The van der Waals surface area contributed by atoms with Gasteiger partial charge in [0.15, 0.2) is 0 Å². The number of rotatable bonds is 7. The summed E-state index contributed by atoms with van der Waals surface area (Å²) >= 11 is 0. The molecule has 0 spiro atoms. The van der Waals surface area contributed by atoms with E-state index < -0.39 is 0 Å². The highest BCUT2D eigenvalue weighted by atomic mass is 16.1. The van der Waals surface area contributed by atoms with E-state index in [1.807, 2.05) is 6.92 Å². The van der Waals surface area contributed by atoms with Crippen molar-refractivity contribution in [1.82, 2.24) is 0 Å². The summed E-state index contributed by atoms with van der Waals surface area (Å²) in [6, 6.07) is 0.153. The van der Waals surface area contributed by atoms with Gasteiger partial charge >= 0.3 is 0 Å². The molecule has 0 aromatic rings. The molecule has 0 rings (SSSR count). The van der Waals surface area contributed by atoms with Crippen molar-refractivity contribution in [3.05, 3.63) is 23.3 Å². The van der Waals surface area contributed by atoms with Crippen LogP contribution in [0, 0.1) is 0 Å². The van der Waals surface area contributed by atoms with Crippen molar-refractivity contribution >= 4 is 6.29 Å². The number of hydrogen-bond donors (Lipinski definition) is 1. The summed E-state index contributed by atoms with van der Waals surface area (Å²) in [4.78, 5) is 10.4. The quantitative estimate of drug-likeness (QED) is 0.517. The van der Waals surface area contributed by atoms with E-state index >= 15 is 0 Å². The van der Waals surface area contributed by atoms with Gasteiger partial charge < -0.3 is 10.5 Å². The van der Waals surface area contributed by atoms with Gasteiger partial charge in [0.2, 0.25) is 0 Å². The molecule has 2 N–H and O–H groups in total. The highest BCUT2D eigenvalue weighted by Gasteiger charge is 2.02. The molecule has 2 heteroatoms. The molecular weight excluding hydrogens is 186 g/mol. The number of carbonyl (C=O) groups is 1. The Morgan fingerprint density at radius 3 is 2.60 bits per heavy atom. The van der Waals surface area contributed by atoms with Gasteiger partial charge in [-0.25, -0.2) is 0 Å². The fourth-order valence-electron chi connectivity index (χ4n) is 1.39. The molecule has 0 heterocycles. The van der Waals surface area contributed by atoms with E-state index in [1.165, 1.54) is 11.1 Å². The number of carbonyl (C=O) groups excluding carboxylic acids is 1. The van der Waals surface area contributed by atoms with Gasteiger partial charge in [-0.3, -0.25) is 0 Å². The molecule has 1 unspecified atom stereocenters. The molecule has 0 saturated heterocycles. The monoisotopic (exact) mass is 209 g/mol. The van der Waals surface area contributed by atoms with E-state index in [0.717, 1.165) is 25.5 Å². The first-order chi connectivity index (χ1) is 7.15. The fraction of sp³-hybridized carbons (Fsp3) is 0.615. The SMILES string of the molecule is C/C=C(\C)C(N)CC/C=C(\CC)CC=O. The summed E-state index contributed by atoms with van der Waals surface area (Å²) in [5.74, 6) is 0. The predicted molar refractivity (Wildman–Crippen MR) is 65.7 cm³/mol. The predicted octanol–water partition coefficient (Wildman–Crippen LogP) is 2.99. The van der Waals surface area contributed by atoms with Gasteiger partial charge in [0.1, 0.15) is 6.29 Å².